The second-order valence-electron chi connectivity index (χ2n) is 5.48. The normalized spacial score (nSPS) is 12.6. The zero-order chi connectivity index (χ0) is 14.4. The molecule has 0 spiro atoms. The van der Waals surface area contributed by atoms with Crippen LogP contribution in [-0.4, -0.2) is 9.78 Å². The minimum Gasteiger partial charge on any atom is -0.306 e. The van der Waals surface area contributed by atoms with E-state index in [9.17, 15) is 0 Å². The lowest BCUT2D eigenvalue weighted by molar-refractivity contribution is 0.428. The van der Waals surface area contributed by atoms with Crippen LogP contribution in [0.15, 0.2) is 49.3 Å². The van der Waals surface area contributed by atoms with Crippen LogP contribution in [0.1, 0.15) is 37.4 Å². The van der Waals surface area contributed by atoms with Gasteiger partial charge in [0.1, 0.15) is 0 Å². The van der Waals surface area contributed by atoms with Crippen molar-refractivity contribution < 1.29 is 0 Å². The highest BCUT2D eigenvalue weighted by Crippen LogP contribution is 2.21. The molecule has 0 saturated carbocycles. The molecule has 0 aliphatic heterocycles. The molecule has 3 heteroatoms. The van der Waals surface area contributed by atoms with E-state index in [1.165, 1.54) is 11.1 Å². The van der Waals surface area contributed by atoms with Crippen molar-refractivity contribution in [3.8, 4) is 0 Å². The molecule has 1 aromatic carbocycles. The van der Waals surface area contributed by atoms with Crippen LogP contribution in [0, 0.1) is 5.92 Å². The van der Waals surface area contributed by atoms with Gasteiger partial charge in [0.05, 0.1) is 6.20 Å². The van der Waals surface area contributed by atoms with Crippen LogP contribution in [0.5, 0.6) is 0 Å². The zero-order valence-electron chi connectivity index (χ0n) is 12.3. The third-order valence-electron chi connectivity index (χ3n) is 3.30. The molecule has 1 aromatic heterocycles. The summed E-state index contributed by atoms with van der Waals surface area (Å²) >= 11 is 0. The second kappa shape index (κ2) is 7.06. The third-order valence-corrected chi connectivity index (χ3v) is 3.30. The molecule has 0 amide bonds. The molecule has 0 aliphatic carbocycles. The lowest BCUT2D eigenvalue weighted by Gasteiger charge is -2.21. The summed E-state index contributed by atoms with van der Waals surface area (Å²) in [5, 5.41) is 7.84. The van der Waals surface area contributed by atoms with Crippen LogP contribution in [0.3, 0.4) is 0 Å². The fourth-order valence-corrected chi connectivity index (χ4v) is 2.30. The van der Waals surface area contributed by atoms with Crippen LogP contribution in [-0.2, 0) is 6.54 Å². The molecule has 20 heavy (non-hydrogen) atoms. The summed E-state index contributed by atoms with van der Waals surface area (Å²) in [6, 6.07) is 11.0. The first-order valence-electron chi connectivity index (χ1n) is 7.13. The Morgan fingerprint density at radius 3 is 2.65 bits per heavy atom. The molecule has 3 nitrogen and oxygen atoms in total. The Morgan fingerprint density at radius 2 is 2.05 bits per heavy atom. The fourth-order valence-electron chi connectivity index (χ4n) is 2.30. The minimum atomic E-state index is 0.378. The standard InChI is InChI=1S/C17H23N3/c1-4-20-13-15(12-19-20)11-18-17(10-14(2)3)16-8-6-5-7-9-16/h4-9,12-14,17-18H,1,10-11H2,2-3H3. The van der Waals surface area contributed by atoms with Gasteiger partial charge in [0, 0.05) is 30.5 Å². The Kier molecular flexibility index (Phi) is 5.13. The Hall–Kier alpha value is -1.87. The van der Waals surface area contributed by atoms with E-state index in [2.05, 4.69) is 61.2 Å². The summed E-state index contributed by atoms with van der Waals surface area (Å²) in [6.07, 6.45) is 6.70. The van der Waals surface area contributed by atoms with Crippen LogP contribution < -0.4 is 5.32 Å². The molecular formula is C17H23N3. The number of benzene rings is 1. The minimum absolute atomic E-state index is 0.378. The number of nitrogens with one attached hydrogen (secondary N) is 1. The molecule has 1 N–H and O–H groups in total. The first-order valence-corrected chi connectivity index (χ1v) is 7.13. The third kappa shape index (κ3) is 4.07. The fraction of sp³-hybridized carbons (Fsp3) is 0.353. The number of hydrogen-bond acceptors (Lipinski definition) is 2. The van der Waals surface area contributed by atoms with Gasteiger partial charge in [-0.25, -0.2) is 4.68 Å². The van der Waals surface area contributed by atoms with Crippen molar-refractivity contribution in [2.75, 3.05) is 0 Å². The molecule has 0 fully saturated rings. The zero-order valence-corrected chi connectivity index (χ0v) is 12.3. The van der Waals surface area contributed by atoms with Gasteiger partial charge in [0.25, 0.3) is 0 Å². The van der Waals surface area contributed by atoms with Crippen molar-refractivity contribution in [2.45, 2.75) is 32.9 Å². The summed E-state index contributed by atoms with van der Waals surface area (Å²) in [5.74, 6) is 0.656. The molecule has 2 rings (SSSR count). The van der Waals surface area contributed by atoms with Gasteiger partial charge in [-0.1, -0.05) is 50.8 Å². The van der Waals surface area contributed by atoms with Gasteiger partial charge in [-0.2, -0.15) is 5.10 Å². The smallest absolute Gasteiger partial charge is 0.0538 e. The lowest BCUT2D eigenvalue weighted by Crippen LogP contribution is -2.22. The van der Waals surface area contributed by atoms with E-state index < -0.39 is 0 Å². The van der Waals surface area contributed by atoms with E-state index in [1.807, 2.05) is 12.4 Å². The van der Waals surface area contributed by atoms with E-state index in [0.717, 1.165) is 13.0 Å². The molecule has 0 aliphatic rings. The first-order chi connectivity index (χ1) is 9.69. The van der Waals surface area contributed by atoms with E-state index in [1.54, 1.807) is 10.9 Å². The number of hydrogen-bond donors (Lipinski definition) is 1. The van der Waals surface area contributed by atoms with Crippen LogP contribution in [0.4, 0.5) is 0 Å². The summed E-state index contributed by atoms with van der Waals surface area (Å²) in [4.78, 5) is 0. The quantitative estimate of drug-likeness (QED) is 0.827. The van der Waals surface area contributed by atoms with Crippen molar-refractivity contribution in [1.29, 1.82) is 0 Å². The predicted octanol–water partition coefficient (Wildman–Crippen LogP) is 3.86. The molecule has 0 bridgehead atoms. The summed E-state index contributed by atoms with van der Waals surface area (Å²) in [6.45, 7) is 9.04. The first kappa shape index (κ1) is 14.5. The van der Waals surface area contributed by atoms with E-state index in [4.69, 9.17) is 0 Å². The predicted molar refractivity (Wildman–Crippen MR) is 84.1 cm³/mol. The molecule has 1 unspecified atom stereocenters. The summed E-state index contributed by atoms with van der Waals surface area (Å²) in [5.41, 5.74) is 2.52. The monoisotopic (exact) mass is 269 g/mol. The number of rotatable bonds is 7. The number of aromatic nitrogens is 2. The Labute approximate surface area is 121 Å². The molecule has 1 heterocycles. The van der Waals surface area contributed by atoms with E-state index in [0.29, 0.717) is 12.0 Å². The maximum atomic E-state index is 4.20. The van der Waals surface area contributed by atoms with Crippen LogP contribution >= 0.6 is 0 Å². The maximum absolute atomic E-state index is 4.20. The largest absolute Gasteiger partial charge is 0.306 e. The van der Waals surface area contributed by atoms with Crippen molar-refractivity contribution in [3.63, 3.8) is 0 Å². The topological polar surface area (TPSA) is 29.9 Å². The highest BCUT2D eigenvalue weighted by molar-refractivity contribution is 5.20. The SMILES string of the molecule is C=Cn1cc(CNC(CC(C)C)c2ccccc2)cn1. The molecule has 2 aromatic rings. The number of nitrogens with zero attached hydrogens (tertiary/aromatic N) is 2. The van der Waals surface area contributed by atoms with Crippen molar-refractivity contribution in [3.05, 3.63) is 60.4 Å². The van der Waals surface area contributed by atoms with Crippen molar-refractivity contribution in [2.24, 2.45) is 5.92 Å². The Morgan fingerprint density at radius 1 is 1.30 bits per heavy atom. The average molecular weight is 269 g/mol. The summed E-state index contributed by atoms with van der Waals surface area (Å²) in [7, 11) is 0. The molecule has 1 atom stereocenters. The van der Waals surface area contributed by atoms with E-state index in [-0.39, 0.29) is 0 Å². The molecule has 106 valence electrons. The van der Waals surface area contributed by atoms with Gasteiger partial charge in [-0.05, 0) is 17.9 Å². The Bertz CT molecular complexity index is 528. The molecule has 0 radical (unpaired) electrons. The van der Waals surface area contributed by atoms with Crippen LogP contribution in [0.25, 0.3) is 6.20 Å². The highest BCUT2D eigenvalue weighted by atomic mass is 15.2. The van der Waals surface area contributed by atoms with Gasteiger partial charge in [0.15, 0.2) is 0 Å². The molecule has 0 saturated heterocycles. The van der Waals surface area contributed by atoms with Gasteiger partial charge >= 0.3 is 0 Å². The maximum Gasteiger partial charge on any atom is 0.0538 e. The second-order valence-corrected chi connectivity index (χ2v) is 5.48. The Balaban J connectivity index is 2.02. The van der Waals surface area contributed by atoms with Gasteiger partial charge in [-0.15, -0.1) is 0 Å². The van der Waals surface area contributed by atoms with Gasteiger partial charge in [-0.3, -0.25) is 0 Å². The van der Waals surface area contributed by atoms with Gasteiger partial charge in [0.2, 0.25) is 0 Å². The van der Waals surface area contributed by atoms with Crippen molar-refractivity contribution >= 4 is 6.20 Å². The van der Waals surface area contributed by atoms with Crippen molar-refractivity contribution in [1.82, 2.24) is 15.1 Å². The van der Waals surface area contributed by atoms with Gasteiger partial charge < -0.3 is 5.32 Å². The highest BCUT2D eigenvalue weighted by Gasteiger charge is 2.12. The average Bonchev–Trinajstić information content (AvgIpc) is 2.92. The molecular weight excluding hydrogens is 246 g/mol. The van der Waals surface area contributed by atoms with Crippen LogP contribution in [0.2, 0.25) is 0 Å². The van der Waals surface area contributed by atoms with E-state index >= 15 is 0 Å². The summed E-state index contributed by atoms with van der Waals surface area (Å²) < 4.78 is 1.73. The lowest BCUT2D eigenvalue weighted by atomic mass is 9.97.